The first-order valence-electron chi connectivity index (χ1n) is 9.65. The van der Waals surface area contributed by atoms with Crippen LogP contribution in [-0.2, 0) is 5.75 Å². The number of aliphatic imine (C=N–C) groups is 1. The molecule has 136 valence electrons. The number of para-hydroxylation sites is 1. The van der Waals surface area contributed by atoms with E-state index >= 15 is 0 Å². The molecule has 1 N–H and O–H groups in total. The number of ether oxygens (including phenoxy) is 1. The summed E-state index contributed by atoms with van der Waals surface area (Å²) in [5.74, 6) is 3.00. The van der Waals surface area contributed by atoms with Crippen LogP contribution < -0.4 is 10.1 Å². The number of thioether (sulfide) groups is 1. The summed E-state index contributed by atoms with van der Waals surface area (Å²) in [5.41, 5.74) is 2.49. The van der Waals surface area contributed by atoms with Crippen molar-refractivity contribution in [2.75, 3.05) is 13.1 Å². The summed E-state index contributed by atoms with van der Waals surface area (Å²) in [6.45, 7) is 1.93. The van der Waals surface area contributed by atoms with Gasteiger partial charge in [0, 0.05) is 34.9 Å². The van der Waals surface area contributed by atoms with Crippen molar-refractivity contribution >= 4 is 17.6 Å². The van der Waals surface area contributed by atoms with Crippen LogP contribution >= 0.6 is 11.8 Å². The van der Waals surface area contributed by atoms with Gasteiger partial charge in [-0.1, -0.05) is 36.4 Å². The first kappa shape index (κ1) is 17.5. The van der Waals surface area contributed by atoms with E-state index in [0.717, 1.165) is 36.8 Å². The number of rotatable bonds is 6. The largest absolute Gasteiger partial charge is 0.490 e. The average Bonchev–Trinajstić information content (AvgIpc) is 3.21. The highest BCUT2D eigenvalue weighted by Gasteiger charge is 2.18. The molecule has 3 nitrogen and oxygen atoms in total. The van der Waals surface area contributed by atoms with Crippen LogP contribution in [0.15, 0.2) is 58.4 Å². The smallest absolute Gasteiger partial charge is 0.129 e. The van der Waals surface area contributed by atoms with Crippen molar-refractivity contribution in [3.63, 3.8) is 0 Å². The van der Waals surface area contributed by atoms with Crippen molar-refractivity contribution in [1.29, 1.82) is 0 Å². The predicted octanol–water partition coefficient (Wildman–Crippen LogP) is 5.04. The lowest BCUT2D eigenvalue weighted by molar-refractivity contribution is 0.208. The van der Waals surface area contributed by atoms with Gasteiger partial charge in [-0.3, -0.25) is 4.99 Å². The summed E-state index contributed by atoms with van der Waals surface area (Å²) < 4.78 is 6.29. The van der Waals surface area contributed by atoms with E-state index in [4.69, 9.17) is 4.74 Å². The molecule has 0 amide bonds. The number of benzene rings is 2. The van der Waals surface area contributed by atoms with Gasteiger partial charge in [-0.05, 0) is 44.2 Å². The molecule has 0 atom stereocenters. The van der Waals surface area contributed by atoms with Crippen LogP contribution in [0.2, 0.25) is 0 Å². The lowest BCUT2D eigenvalue weighted by Gasteiger charge is -2.18. The monoisotopic (exact) mass is 366 g/mol. The summed E-state index contributed by atoms with van der Waals surface area (Å²) in [7, 11) is 0. The highest BCUT2D eigenvalue weighted by Crippen LogP contribution is 2.32. The Bertz CT molecular complexity index is 768. The minimum atomic E-state index is 0.397. The Morgan fingerprint density at radius 1 is 1.00 bits per heavy atom. The average molecular weight is 367 g/mol. The van der Waals surface area contributed by atoms with E-state index in [1.807, 2.05) is 11.8 Å². The van der Waals surface area contributed by atoms with Gasteiger partial charge in [0.05, 0.1) is 6.10 Å². The van der Waals surface area contributed by atoms with Crippen LogP contribution in [0.4, 0.5) is 0 Å². The highest BCUT2D eigenvalue weighted by molar-refractivity contribution is 7.98. The molecular formula is C22H26N2OS. The molecule has 0 saturated heterocycles. The zero-order valence-corrected chi connectivity index (χ0v) is 15.9. The van der Waals surface area contributed by atoms with Gasteiger partial charge in [0.15, 0.2) is 0 Å². The van der Waals surface area contributed by atoms with Gasteiger partial charge in [-0.15, -0.1) is 11.8 Å². The molecule has 2 aromatic carbocycles. The minimum Gasteiger partial charge on any atom is -0.490 e. The van der Waals surface area contributed by atoms with E-state index in [1.54, 1.807) is 0 Å². The number of hydrogen-bond acceptors (Lipinski definition) is 4. The molecular weight excluding hydrogens is 340 g/mol. The Hall–Kier alpha value is -1.94. The molecule has 2 aliphatic rings. The van der Waals surface area contributed by atoms with Crippen LogP contribution in [0.1, 0.15) is 43.2 Å². The van der Waals surface area contributed by atoms with Crippen molar-refractivity contribution in [2.24, 2.45) is 4.99 Å². The maximum atomic E-state index is 6.29. The molecule has 0 radical (unpaired) electrons. The Morgan fingerprint density at radius 2 is 1.81 bits per heavy atom. The molecule has 26 heavy (non-hydrogen) atoms. The maximum absolute atomic E-state index is 6.29. The van der Waals surface area contributed by atoms with Gasteiger partial charge >= 0.3 is 0 Å². The lowest BCUT2D eigenvalue weighted by atomic mass is 10.2. The third kappa shape index (κ3) is 4.24. The SMILES string of the molecule is c1ccc(OC2CCCC2)c(CSc2ccccc2C2=NCCCN2)c1. The van der Waals surface area contributed by atoms with Crippen molar-refractivity contribution < 1.29 is 4.74 Å². The van der Waals surface area contributed by atoms with Crippen LogP contribution in [0.25, 0.3) is 0 Å². The molecule has 4 heteroatoms. The van der Waals surface area contributed by atoms with Crippen molar-refractivity contribution in [1.82, 2.24) is 5.32 Å². The summed E-state index contributed by atoms with van der Waals surface area (Å²) in [4.78, 5) is 5.94. The van der Waals surface area contributed by atoms with Crippen molar-refractivity contribution in [3.8, 4) is 5.75 Å². The molecule has 0 unspecified atom stereocenters. The second kappa shape index (κ2) is 8.63. The van der Waals surface area contributed by atoms with E-state index in [9.17, 15) is 0 Å². The molecule has 0 aromatic heterocycles. The van der Waals surface area contributed by atoms with Gasteiger partial charge in [0.1, 0.15) is 11.6 Å². The van der Waals surface area contributed by atoms with Gasteiger partial charge in [-0.25, -0.2) is 0 Å². The van der Waals surface area contributed by atoms with E-state index in [2.05, 4.69) is 58.8 Å². The van der Waals surface area contributed by atoms with Gasteiger partial charge in [-0.2, -0.15) is 0 Å². The minimum absolute atomic E-state index is 0.397. The third-order valence-electron chi connectivity index (χ3n) is 4.99. The normalized spacial score (nSPS) is 17.6. The van der Waals surface area contributed by atoms with E-state index in [-0.39, 0.29) is 0 Å². The summed E-state index contributed by atoms with van der Waals surface area (Å²) >= 11 is 1.87. The summed E-state index contributed by atoms with van der Waals surface area (Å²) in [5, 5.41) is 3.45. The lowest BCUT2D eigenvalue weighted by Crippen LogP contribution is -2.30. The van der Waals surface area contributed by atoms with Crippen LogP contribution in [0.3, 0.4) is 0 Å². The maximum Gasteiger partial charge on any atom is 0.129 e. The third-order valence-corrected chi connectivity index (χ3v) is 6.11. The number of amidine groups is 1. The van der Waals surface area contributed by atoms with Crippen molar-refractivity contribution in [2.45, 2.75) is 48.9 Å². The van der Waals surface area contributed by atoms with Gasteiger partial charge in [0.2, 0.25) is 0 Å². The fourth-order valence-electron chi connectivity index (χ4n) is 3.58. The molecule has 1 heterocycles. The van der Waals surface area contributed by atoms with Crippen LogP contribution in [0.5, 0.6) is 5.75 Å². The molecule has 0 spiro atoms. The molecule has 2 aromatic rings. The Labute approximate surface area is 160 Å². The second-order valence-corrected chi connectivity index (χ2v) is 7.94. The van der Waals surface area contributed by atoms with Gasteiger partial charge in [0.25, 0.3) is 0 Å². The Kier molecular flexibility index (Phi) is 5.80. The number of hydrogen-bond donors (Lipinski definition) is 1. The zero-order chi connectivity index (χ0) is 17.6. The molecule has 1 aliphatic heterocycles. The highest BCUT2D eigenvalue weighted by atomic mass is 32.2. The zero-order valence-electron chi connectivity index (χ0n) is 15.1. The molecule has 0 bridgehead atoms. The van der Waals surface area contributed by atoms with Crippen LogP contribution in [-0.4, -0.2) is 25.0 Å². The first-order chi connectivity index (χ1) is 12.9. The quantitative estimate of drug-likeness (QED) is 0.727. The second-order valence-electron chi connectivity index (χ2n) is 6.93. The Balaban J connectivity index is 1.49. The number of nitrogens with one attached hydrogen (secondary N) is 1. The van der Waals surface area contributed by atoms with Gasteiger partial charge < -0.3 is 10.1 Å². The molecule has 1 fully saturated rings. The first-order valence-corrected chi connectivity index (χ1v) is 10.6. The van der Waals surface area contributed by atoms with E-state index in [0.29, 0.717) is 6.10 Å². The topological polar surface area (TPSA) is 33.6 Å². The standard InChI is InChI=1S/C22H26N2OS/c1-5-12-20(25-18-9-2-3-10-18)17(8-1)16-26-21-13-6-4-11-19(21)22-23-14-7-15-24-22/h1,4-6,8,11-13,18H,2-3,7,9-10,14-16H2,(H,23,24). The summed E-state index contributed by atoms with van der Waals surface area (Å²) in [6.07, 6.45) is 6.49. The van der Waals surface area contributed by atoms with Crippen LogP contribution in [0, 0.1) is 0 Å². The molecule has 1 aliphatic carbocycles. The number of nitrogens with zero attached hydrogens (tertiary/aromatic N) is 1. The van der Waals surface area contributed by atoms with E-state index < -0.39 is 0 Å². The van der Waals surface area contributed by atoms with E-state index in [1.165, 1.54) is 41.7 Å². The predicted molar refractivity (Wildman–Crippen MR) is 109 cm³/mol. The fraction of sp³-hybridized carbons (Fsp3) is 0.409. The molecule has 4 rings (SSSR count). The Morgan fingerprint density at radius 3 is 2.65 bits per heavy atom. The molecule has 1 saturated carbocycles. The fourth-order valence-corrected chi connectivity index (χ4v) is 4.62. The van der Waals surface area contributed by atoms with Crippen molar-refractivity contribution in [3.05, 3.63) is 59.7 Å². The summed E-state index contributed by atoms with van der Waals surface area (Å²) in [6, 6.07) is 17.1.